The Labute approximate surface area is 108 Å². The first kappa shape index (κ1) is 12.5. The molecule has 0 radical (unpaired) electrons. The molecule has 7 heteroatoms. The molecule has 0 aliphatic heterocycles. The number of amides is 1. The summed E-state index contributed by atoms with van der Waals surface area (Å²) in [6, 6.07) is 1.72. The van der Waals surface area contributed by atoms with Crippen LogP contribution in [0.1, 0.15) is 21.7 Å². The molecular formula is C11H13N5OS. The van der Waals surface area contributed by atoms with Crippen molar-refractivity contribution < 1.29 is 4.79 Å². The summed E-state index contributed by atoms with van der Waals surface area (Å²) in [5, 5.41) is 4.65. The Bertz CT molecular complexity index is 540. The number of hydrogen-bond donors (Lipinski definition) is 3. The van der Waals surface area contributed by atoms with Crippen molar-refractivity contribution in [3.8, 4) is 0 Å². The number of pyridine rings is 1. The van der Waals surface area contributed by atoms with Crippen LogP contribution in [-0.2, 0) is 6.54 Å². The van der Waals surface area contributed by atoms with Gasteiger partial charge in [0.15, 0.2) is 0 Å². The van der Waals surface area contributed by atoms with Gasteiger partial charge in [-0.05, 0) is 13.0 Å². The largest absolute Gasteiger partial charge is 0.346 e. The monoisotopic (exact) mass is 263 g/mol. The number of anilines is 1. The fourth-order valence-corrected chi connectivity index (χ4v) is 2.01. The van der Waals surface area contributed by atoms with E-state index >= 15 is 0 Å². The Hall–Kier alpha value is -1.99. The Morgan fingerprint density at radius 3 is 3.00 bits per heavy atom. The SMILES string of the molecule is Cc1cc(NN)c(C(=O)NCc2cscn2)cn1. The zero-order chi connectivity index (χ0) is 13.0. The zero-order valence-corrected chi connectivity index (χ0v) is 10.6. The summed E-state index contributed by atoms with van der Waals surface area (Å²) in [7, 11) is 0. The highest BCUT2D eigenvalue weighted by molar-refractivity contribution is 7.07. The van der Waals surface area contributed by atoms with Crippen molar-refractivity contribution in [2.24, 2.45) is 5.84 Å². The Kier molecular flexibility index (Phi) is 3.85. The van der Waals surface area contributed by atoms with Crippen molar-refractivity contribution in [1.29, 1.82) is 0 Å². The number of nitrogens with one attached hydrogen (secondary N) is 2. The molecule has 2 aromatic rings. The number of aromatic nitrogens is 2. The molecule has 1 amide bonds. The van der Waals surface area contributed by atoms with Crippen LogP contribution in [0.15, 0.2) is 23.2 Å². The van der Waals surface area contributed by atoms with Gasteiger partial charge in [0, 0.05) is 17.3 Å². The maximum absolute atomic E-state index is 12.0. The molecule has 0 unspecified atom stereocenters. The smallest absolute Gasteiger partial charge is 0.255 e. The molecule has 2 heterocycles. The fourth-order valence-electron chi connectivity index (χ4n) is 1.45. The van der Waals surface area contributed by atoms with Crippen LogP contribution in [0, 0.1) is 6.92 Å². The van der Waals surface area contributed by atoms with Gasteiger partial charge in [-0.3, -0.25) is 15.6 Å². The van der Waals surface area contributed by atoms with Crippen LogP contribution >= 0.6 is 11.3 Å². The van der Waals surface area contributed by atoms with Crippen molar-refractivity contribution in [3.05, 3.63) is 40.1 Å². The van der Waals surface area contributed by atoms with Gasteiger partial charge in [0.1, 0.15) is 0 Å². The van der Waals surface area contributed by atoms with E-state index in [0.717, 1.165) is 11.4 Å². The summed E-state index contributed by atoms with van der Waals surface area (Å²) in [5.41, 5.74) is 6.81. The second-order valence-corrected chi connectivity index (χ2v) is 4.40. The maximum Gasteiger partial charge on any atom is 0.255 e. The molecule has 0 bridgehead atoms. The summed E-state index contributed by atoms with van der Waals surface area (Å²) >= 11 is 1.49. The minimum absolute atomic E-state index is 0.233. The van der Waals surface area contributed by atoms with Crippen LogP contribution in [0.3, 0.4) is 0 Å². The molecule has 94 valence electrons. The minimum atomic E-state index is -0.233. The molecular weight excluding hydrogens is 250 g/mol. The molecule has 2 aromatic heterocycles. The Balaban J connectivity index is 2.09. The lowest BCUT2D eigenvalue weighted by Crippen LogP contribution is -2.25. The van der Waals surface area contributed by atoms with Gasteiger partial charge in [0.2, 0.25) is 0 Å². The number of carbonyl (C=O) groups is 1. The van der Waals surface area contributed by atoms with Gasteiger partial charge in [0.25, 0.3) is 5.91 Å². The summed E-state index contributed by atoms with van der Waals surface area (Å²) in [6.07, 6.45) is 1.50. The number of rotatable bonds is 4. The molecule has 0 fully saturated rings. The number of carbonyl (C=O) groups excluding carboxylic acids is 1. The normalized spacial score (nSPS) is 10.1. The second kappa shape index (κ2) is 5.56. The van der Waals surface area contributed by atoms with E-state index in [-0.39, 0.29) is 5.91 Å². The van der Waals surface area contributed by atoms with E-state index in [1.165, 1.54) is 17.5 Å². The van der Waals surface area contributed by atoms with E-state index < -0.39 is 0 Å². The topological polar surface area (TPSA) is 92.9 Å². The lowest BCUT2D eigenvalue weighted by molar-refractivity contribution is 0.0951. The average molecular weight is 263 g/mol. The zero-order valence-electron chi connectivity index (χ0n) is 9.80. The van der Waals surface area contributed by atoms with E-state index in [4.69, 9.17) is 5.84 Å². The molecule has 6 nitrogen and oxygen atoms in total. The standard InChI is InChI=1S/C11H13N5OS/c1-7-2-10(16-12)9(4-13-7)11(17)14-3-8-5-18-6-15-8/h2,4-6H,3,12H2,1H3,(H,13,16)(H,14,17). The van der Waals surface area contributed by atoms with Crippen molar-refractivity contribution >= 4 is 22.9 Å². The molecule has 0 saturated carbocycles. The van der Waals surface area contributed by atoms with Crippen molar-refractivity contribution in [1.82, 2.24) is 15.3 Å². The van der Waals surface area contributed by atoms with Gasteiger partial charge in [-0.1, -0.05) is 0 Å². The lowest BCUT2D eigenvalue weighted by atomic mass is 10.2. The number of hydrazine groups is 1. The van der Waals surface area contributed by atoms with Crippen molar-refractivity contribution in [3.63, 3.8) is 0 Å². The molecule has 0 aliphatic carbocycles. The number of nitrogens with zero attached hydrogens (tertiary/aromatic N) is 2. The predicted octanol–water partition coefficient (Wildman–Crippen LogP) is 1.06. The number of hydrogen-bond acceptors (Lipinski definition) is 6. The van der Waals surface area contributed by atoms with E-state index in [0.29, 0.717) is 17.8 Å². The van der Waals surface area contributed by atoms with Gasteiger partial charge in [-0.15, -0.1) is 11.3 Å². The van der Waals surface area contributed by atoms with Gasteiger partial charge in [-0.2, -0.15) is 0 Å². The third-order valence-corrected chi connectivity index (χ3v) is 2.99. The van der Waals surface area contributed by atoms with Crippen LogP contribution in [-0.4, -0.2) is 15.9 Å². The maximum atomic E-state index is 12.0. The van der Waals surface area contributed by atoms with Crippen LogP contribution < -0.4 is 16.6 Å². The average Bonchev–Trinajstić information content (AvgIpc) is 2.88. The summed E-state index contributed by atoms with van der Waals surface area (Å²) in [6.45, 7) is 2.22. The fraction of sp³-hybridized carbons (Fsp3) is 0.182. The highest BCUT2D eigenvalue weighted by atomic mass is 32.1. The van der Waals surface area contributed by atoms with Gasteiger partial charge < -0.3 is 10.7 Å². The molecule has 0 aliphatic rings. The van der Waals surface area contributed by atoms with E-state index in [2.05, 4.69) is 20.7 Å². The molecule has 0 saturated heterocycles. The third kappa shape index (κ3) is 2.82. The Morgan fingerprint density at radius 2 is 2.33 bits per heavy atom. The Morgan fingerprint density at radius 1 is 1.50 bits per heavy atom. The number of aryl methyl sites for hydroxylation is 1. The third-order valence-electron chi connectivity index (χ3n) is 2.35. The predicted molar refractivity (Wildman–Crippen MR) is 70.1 cm³/mol. The van der Waals surface area contributed by atoms with Crippen LogP contribution in [0.2, 0.25) is 0 Å². The van der Waals surface area contributed by atoms with Crippen molar-refractivity contribution in [2.45, 2.75) is 13.5 Å². The van der Waals surface area contributed by atoms with Crippen LogP contribution in [0.5, 0.6) is 0 Å². The number of nitrogen functional groups attached to an aromatic ring is 1. The van der Waals surface area contributed by atoms with Crippen molar-refractivity contribution in [2.75, 3.05) is 5.43 Å². The quantitative estimate of drug-likeness (QED) is 0.566. The minimum Gasteiger partial charge on any atom is -0.346 e. The van der Waals surface area contributed by atoms with Gasteiger partial charge in [0.05, 0.1) is 29.0 Å². The molecule has 0 atom stereocenters. The number of thiazole rings is 1. The van der Waals surface area contributed by atoms with Crippen LogP contribution in [0.25, 0.3) is 0 Å². The molecule has 2 rings (SSSR count). The highest BCUT2D eigenvalue weighted by Gasteiger charge is 2.11. The molecule has 0 aromatic carbocycles. The first-order chi connectivity index (χ1) is 8.70. The first-order valence-corrected chi connectivity index (χ1v) is 6.23. The van der Waals surface area contributed by atoms with Crippen LogP contribution in [0.4, 0.5) is 5.69 Å². The lowest BCUT2D eigenvalue weighted by Gasteiger charge is -2.09. The highest BCUT2D eigenvalue weighted by Crippen LogP contribution is 2.14. The summed E-state index contributed by atoms with van der Waals surface area (Å²) < 4.78 is 0. The molecule has 0 spiro atoms. The first-order valence-electron chi connectivity index (χ1n) is 5.29. The van der Waals surface area contributed by atoms with E-state index in [1.54, 1.807) is 11.6 Å². The van der Waals surface area contributed by atoms with Gasteiger partial charge in [-0.25, -0.2) is 4.98 Å². The summed E-state index contributed by atoms with van der Waals surface area (Å²) in [5.74, 6) is 5.15. The number of nitrogens with two attached hydrogens (primary N) is 1. The molecule has 4 N–H and O–H groups in total. The second-order valence-electron chi connectivity index (χ2n) is 3.68. The van der Waals surface area contributed by atoms with E-state index in [1.807, 2.05) is 12.3 Å². The van der Waals surface area contributed by atoms with E-state index in [9.17, 15) is 4.79 Å². The molecule has 18 heavy (non-hydrogen) atoms. The van der Waals surface area contributed by atoms with Gasteiger partial charge >= 0.3 is 0 Å². The summed E-state index contributed by atoms with van der Waals surface area (Å²) in [4.78, 5) is 20.1.